The van der Waals surface area contributed by atoms with Crippen molar-refractivity contribution in [2.45, 2.75) is 78.8 Å². The zero-order chi connectivity index (χ0) is 17.6. The predicted molar refractivity (Wildman–Crippen MR) is 114 cm³/mol. The van der Waals surface area contributed by atoms with Crippen LogP contribution in [-0.2, 0) is 13.6 Å². The maximum Gasteiger partial charge on any atom is 0.191 e. The highest BCUT2D eigenvalue weighted by molar-refractivity contribution is 14.0. The molecule has 0 spiro atoms. The van der Waals surface area contributed by atoms with E-state index in [1.54, 1.807) is 0 Å². The van der Waals surface area contributed by atoms with E-state index in [-0.39, 0.29) is 24.0 Å². The normalized spacial score (nSPS) is 17.9. The standard InChI is InChI=1S/C18H34N6.HI/c1-6-7-12-19-17(20-13-16-23-22-14(2)24(16)5)21-15-8-10-18(3,4)11-9-15;/h15H,6-13H2,1-5H3,(H2,19,20,21);1H. The van der Waals surface area contributed by atoms with E-state index in [1.165, 1.54) is 32.1 Å². The summed E-state index contributed by atoms with van der Waals surface area (Å²) in [5.41, 5.74) is 0.487. The fraction of sp³-hybridized carbons (Fsp3) is 0.833. The zero-order valence-electron chi connectivity index (χ0n) is 16.4. The third kappa shape index (κ3) is 7.11. The number of halogens is 1. The van der Waals surface area contributed by atoms with Gasteiger partial charge in [0.2, 0.25) is 0 Å². The van der Waals surface area contributed by atoms with Crippen LogP contribution in [0.15, 0.2) is 4.99 Å². The first kappa shape index (κ1) is 22.2. The van der Waals surface area contributed by atoms with Gasteiger partial charge in [0.25, 0.3) is 0 Å². The van der Waals surface area contributed by atoms with Crippen molar-refractivity contribution in [1.82, 2.24) is 25.4 Å². The van der Waals surface area contributed by atoms with Gasteiger partial charge in [-0.1, -0.05) is 27.2 Å². The first-order valence-corrected chi connectivity index (χ1v) is 9.31. The number of guanidine groups is 1. The third-order valence-corrected chi connectivity index (χ3v) is 5.06. The van der Waals surface area contributed by atoms with Gasteiger partial charge in [-0.2, -0.15) is 0 Å². The molecule has 7 heteroatoms. The van der Waals surface area contributed by atoms with E-state index in [0.717, 1.165) is 30.6 Å². The van der Waals surface area contributed by atoms with Gasteiger partial charge < -0.3 is 15.2 Å². The molecule has 0 amide bonds. The molecule has 1 aromatic rings. The van der Waals surface area contributed by atoms with Crippen molar-refractivity contribution < 1.29 is 0 Å². The Hall–Kier alpha value is -0.860. The lowest BCUT2D eigenvalue weighted by molar-refractivity contribution is 0.216. The lowest BCUT2D eigenvalue weighted by atomic mass is 9.75. The van der Waals surface area contributed by atoms with Gasteiger partial charge in [0.15, 0.2) is 11.8 Å². The summed E-state index contributed by atoms with van der Waals surface area (Å²) in [7, 11) is 1.99. The molecule has 1 aromatic heterocycles. The average molecular weight is 462 g/mol. The van der Waals surface area contributed by atoms with Gasteiger partial charge in [-0.05, 0) is 44.4 Å². The van der Waals surface area contributed by atoms with E-state index in [2.05, 4.69) is 41.6 Å². The number of aryl methyl sites for hydroxylation is 1. The van der Waals surface area contributed by atoms with Crippen LogP contribution in [0.3, 0.4) is 0 Å². The van der Waals surface area contributed by atoms with E-state index in [1.807, 2.05) is 18.5 Å². The van der Waals surface area contributed by atoms with Crippen LogP contribution < -0.4 is 10.6 Å². The Balaban J connectivity index is 0.00000312. The molecule has 1 aliphatic carbocycles. The Morgan fingerprint density at radius 1 is 1.28 bits per heavy atom. The average Bonchev–Trinajstić information content (AvgIpc) is 2.86. The van der Waals surface area contributed by atoms with Crippen molar-refractivity contribution in [1.29, 1.82) is 0 Å². The summed E-state index contributed by atoms with van der Waals surface area (Å²) in [5, 5.41) is 15.4. The van der Waals surface area contributed by atoms with Crippen molar-refractivity contribution in [3.63, 3.8) is 0 Å². The number of hydrogen-bond acceptors (Lipinski definition) is 3. The van der Waals surface area contributed by atoms with Crippen molar-refractivity contribution in [2.24, 2.45) is 17.5 Å². The van der Waals surface area contributed by atoms with Crippen molar-refractivity contribution in [3.05, 3.63) is 11.6 Å². The molecule has 1 saturated carbocycles. The minimum absolute atomic E-state index is 0. The van der Waals surface area contributed by atoms with Crippen LogP contribution in [0.1, 0.15) is 70.9 Å². The topological polar surface area (TPSA) is 67.1 Å². The molecular formula is C18H35IN6. The molecule has 0 unspecified atom stereocenters. The van der Waals surface area contributed by atoms with Crippen LogP contribution in [-0.4, -0.2) is 33.3 Å². The fourth-order valence-electron chi connectivity index (χ4n) is 3.01. The highest BCUT2D eigenvalue weighted by Crippen LogP contribution is 2.34. The van der Waals surface area contributed by atoms with Crippen LogP contribution in [0.5, 0.6) is 0 Å². The van der Waals surface area contributed by atoms with Crippen LogP contribution in [0.4, 0.5) is 0 Å². The predicted octanol–water partition coefficient (Wildman–Crippen LogP) is 3.55. The number of nitrogens with zero attached hydrogens (tertiary/aromatic N) is 4. The summed E-state index contributed by atoms with van der Waals surface area (Å²) < 4.78 is 2.00. The SMILES string of the molecule is CCCCNC(=NCc1nnc(C)n1C)NC1CCC(C)(C)CC1.I. The highest BCUT2D eigenvalue weighted by Gasteiger charge is 2.27. The molecular weight excluding hydrogens is 427 g/mol. The van der Waals surface area contributed by atoms with Gasteiger partial charge in [-0.15, -0.1) is 34.2 Å². The lowest BCUT2D eigenvalue weighted by Crippen LogP contribution is -2.46. The Kier molecular flexibility index (Phi) is 9.16. The third-order valence-electron chi connectivity index (χ3n) is 5.06. The first-order chi connectivity index (χ1) is 11.4. The molecule has 0 bridgehead atoms. The Bertz CT molecular complexity index is 542. The van der Waals surface area contributed by atoms with Gasteiger partial charge in [0.1, 0.15) is 12.4 Å². The molecule has 1 fully saturated rings. The lowest BCUT2D eigenvalue weighted by Gasteiger charge is -2.35. The second kappa shape index (κ2) is 10.3. The van der Waals surface area contributed by atoms with Crippen molar-refractivity contribution in [3.8, 4) is 0 Å². The zero-order valence-corrected chi connectivity index (χ0v) is 18.8. The Labute approximate surface area is 169 Å². The van der Waals surface area contributed by atoms with E-state index >= 15 is 0 Å². The van der Waals surface area contributed by atoms with Crippen molar-refractivity contribution >= 4 is 29.9 Å². The highest BCUT2D eigenvalue weighted by atomic mass is 127. The maximum absolute atomic E-state index is 4.74. The molecule has 25 heavy (non-hydrogen) atoms. The molecule has 0 aliphatic heterocycles. The maximum atomic E-state index is 4.74. The number of aromatic nitrogens is 3. The van der Waals surface area contributed by atoms with Gasteiger partial charge in [-0.25, -0.2) is 4.99 Å². The Morgan fingerprint density at radius 3 is 2.52 bits per heavy atom. The largest absolute Gasteiger partial charge is 0.356 e. The molecule has 0 saturated heterocycles. The molecule has 0 aromatic carbocycles. The van der Waals surface area contributed by atoms with Crippen LogP contribution >= 0.6 is 24.0 Å². The molecule has 0 atom stereocenters. The van der Waals surface area contributed by atoms with Crippen molar-refractivity contribution in [2.75, 3.05) is 6.54 Å². The number of rotatable bonds is 6. The molecule has 1 heterocycles. The molecule has 1 aliphatic rings. The molecule has 6 nitrogen and oxygen atoms in total. The second-order valence-electron chi connectivity index (χ2n) is 7.75. The van der Waals surface area contributed by atoms with E-state index in [0.29, 0.717) is 18.0 Å². The van der Waals surface area contributed by atoms with Crippen LogP contribution in [0, 0.1) is 12.3 Å². The number of unbranched alkanes of at least 4 members (excludes halogenated alkanes) is 1. The molecule has 0 radical (unpaired) electrons. The summed E-state index contributed by atoms with van der Waals surface area (Å²) in [5.74, 6) is 2.73. The van der Waals surface area contributed by atoms with Crippen LogP contribution in [0.25, 0.3) is 0 Å². The first-order valence-electron chi connectivity index (χ1n) is 9.31. The molecule has 2 rings (SSSR count). The number of aliphatic imine (C=N–C) groups is 1. The summed E-state index contributed by atoms with van der Waals surface area (Å²) in [6, 6.07) is 0.520. The minimum Gasteiger partial charge on any atom is -0.356 e. The van der Waals surface area contributed by atoms with Gasteiger partial charge in [-0.3, -0.25) is 0 Å². The van der Waals surface area contributed by atoms with E-state index in [9.17, 15) is 0 Å². The monoisotopic (exact) mass is 462 g/mol. The van der Waals surface area contributed by atoms with Gasteiger partial charge in [0.05, 0.1) is 0 Å². The number of nitrogens with one attached hydrogen (secondary N) is 2. The van der Waals surface area contributed by atoms with Crippen LogP contribution in [0.2, 0.25) is 0 Å². The fourth-order valence-corrected chi connectivity index (χ4v) is 3.01. The minimum atomic E-state index is 0. The summed E-state index contributed by atoms with van der Waals surface area (Å²) >= 11 is 0. The van der Waals surface area contributed by atoms with Gasteiger partial charge >= 0.3 is 0 Å². The second-order valence-corrected chi connectivity index (χ2v) is 7.75. The summed E-state index contributed by atoms with van der Waals surface area (Å²) in [6.45, 7) is 10.4. The smallest absolute Gasteiger partial charge is 0.191 e. The van der Waals surface area contributed by atoms with E-state index < -0.39 is 0 Å². The molecule has 144 valence electrons. The quantitative estimate of drug-likeness (QED) is 0.294. The van der Waals surface area contributed by atoms with Gasteiger partial charge in [0, 0.05) is 19.6 Å². The number of hydrogen-bond donors (Lipinski definition) is 2. The summed E-state index contributed by atoms with van der Waals surface area (Å²) in [6.07, 6.45) is 7.31. The Morgan fingerprint density at radius 2 is 1.96 bits per heavy atom. The van der Waals surface area contributed by atoms with E-state index in [4.69, 9.17) is 4.99 Å². The summed E-state index contributed by atoms with van der Waals surface area (Å²) in [4.78, 5) is 4.74. The molecule has 2 N–H and O–H groups in total.